The van der Waals surface area contributed by atoms with Gasteiger partial charge in [-0.15, -0.1) is 0 Å². The number of carbonyl (C=O) groups excluding carboxylic acids is 1. The first kappa shape index (κ1) is 18.1. The van der Waals surface area contributed by atoms with Gasteiger partial charge < -0.3 is 5.32 Å². The van der Waals surface area contributed by atoms with Crippen LogP contribution in [0.15, 0.2) is 30.3 Å². The predicted octanol–water partition coefficient (Wildman–Crippen LogP) is 4.35. The molecular formula is C21H26N4O. The third-order valence-corrected chi connectivity index (χ3v) is 4.75. The normalized spacial score (nSPS) is 11.3. The molecule has 0 unspecified atom stereocenters. The molecule has 0 aliphatic rings. The van der Waals surface area contributed by atoms with Crippen molar-refractivity contribution in [1.29, 1.82) is 0 Å². The van der Waals surface area contributed by atoms with Gasteiger partial charge in [0.2, 0.25) is 5.91 Å². The Bertz CT molecular complexity index is 939. The Hall–Kier alpha value is -2.69. The van der Waals surface area contributed by atoms with Crippen molar-refractivity contribution in [3.63, 3.8) is 0 Å². The molecule has 0 atom stereocenters. The molecule has 26 heavy (non-hydrogen) atoms. The Morgan fingerprint density at radius 1 is 1.15 bits per heavy atom. The number of carbonyl (C=O) groups is 1. The lowest BCUT2D eigenvalue weighted by Gasteiger charge is -2.12. The first-order chi connectivity index (χ1) is 12.3. The topological polar surface area (TPSA) is 59.3 Å². The fourth-order valence-electron chi connectivity index (χ4n) is 3.22. The average molecular weight is 350 g/mol. The minimum Gasteiger partial charge on any atom is -0.326 e. The lowest BCUT2D eigenvalue weighted by Crippen LogP contribution is -2.14. The monoisotopic (exact) mass is 350 g/mol. The molecule has 3 rings (SSSR count). The summed E-state index contributed by atoms with van der Waals surface area (Å²) in [5.41, 5.74) is 7.01. The Labute approximate surface area is 154 Å². The van der Waals surface area contributed by atoms with Crippen LogP contribution in [-0.2, 0) is 11.2 Å². The van der Waals surface area contributed by atoms with Gasteiger partial charge in [-0.05, 0) is 56.4 Å². The van der Waals surface area contributed by atoms with Gasteiger partial charge in [0, 0.05) is 29.6 Å². The van der Waals surface area contributed by atoms with Crippen LogP contribution >= 0.6 is 0 Å². The van der Waals surface area contributed by atoms with Crippen LogP contribution in [0, 0.1) is 20.8 Å². The van der Waals surface area contributed by atoms with E-state index in [1.807, 2.05) is 43.5 Å². The van der Waals surface area contributed by atoms with Gasteiger partial charge in [-0.25, -0.2) is 9.50 Å². The van der Waals surface area contributed by atoms with E-state index in [-0.39, 0.29) is 5.91 Å². The maximum absolute atomic E-state index is 12.3. The number of amides is 1. The van der Waals surface area contributed by atoms with Crippen molar-refractivity contribution in [2.24, 2.45) is 0 Å². The van der Waals surface area contributed by atoms with Gasteiger partial charge in [-0.3, -0.25) is 4.79 Å². The molecule has 2 heterocycles. The molecule has 3 aromatic rings. The van der Waals surface area contributed by atoms with Crippen molar-refractivity contribution in [3.05, 3.63) is 58.5 Å². The molecule has 5 nitrogen and oxygen atoms in total. The molecule has 1 amide bonds. The first-order valence-electron chi connectivity index (χ1n) is 9.07. The van der Waals surface area contributed by atoms with Gasteiger partial charge in [0.25, 0.3) is 0 Å². The van der Waals surface area contributed by atoms with E-state index in [0.717, 1.165) is 34.0 Å². The molecule has 0 aliphatic carbocycles. The van der Waals surface area contributed by atoms with Crippen LogP contribution in [0.5, 0.6) is 0 Å². The third kappa shape index (κ3) is 3.77. The summed E-state index contributed by atoms with van der Waals surface area (Å²) in [5.74, 6) is 0.497. The second-order valence-electron chi connectivity index (χ2n) is 7.14. The third-order valence-electron chi connectivity index (χ3n) is 4.75. The number of rotatable bonds is 5. The summed E-state index contributed by atoms with van der Waals surface area (Å²) in [6.07, 6.45) is 1.07. The summed E-state index contributed by atoms with van der Waals surface area (Å²) < 4.78 is 1.86. The van der Waals surface area contributed by atoms with Crippen molar-refractivity contribution in [2.45, 2.75) is 53.4 Å². The van der Waals surface area contributed by atoms with Gasteiger partial charge in [0.05, 0.1) is 5.69 Å². The van der Waals surface area contributed by atoms with Gasteiger partial charge >= 0.3 is 0 Å². The number of hydrogen-bond acceptors (Lipinski definition) is 3. The van der Waals surface area contributed by atoms with E-state index < -0.39 is 0 Å². The number of hydrogen-bond donors (Lipinski definition) is 1. The molecule has 0 aliphatic heterocycles. The standard InChI is InChI=1S/C21H26N4O/c1-13(2)17-6-8-18(9-7-17)23-21(26)11-10-19-15(4)22-20-12-14(3)24-25(20)16(19)5/h6-9,12-13H,10-11H2,1-5H3,(H,23,26). The average Bonchev–Trinajstić information content (AvgIpc) is 2.95. The number of anilines is 1. The highest BCUT2D eigenvalue weighted by Gasteiger charge is 2.13. The second kappa shape index (κ2) is 7.28. The molecule has 0 bridgehead atoms. The van der Waals surface area contributed by atoms with E-state index in [4.69, 9.17) is 0 Å². The van der Waals surface area contributed by atoms with E-state index >= 15 is 0 Å². The number of aryl methyl sites for hydroxylation is 3. The lowest BCUT2D eigenvalue weighted by molar-refractivity contribution is -0.116. The quantitative estimate of drug-likeness (QED) is 0.744. The fourth-order valence-corrected chi connectivity index (χ4v) is 3.22. The van der Waals surface area contributed by atoms with E-state index in [2.05, 4.69) is 41.4 Å². The van der Waals surface area contributed by atoms with Crippen LogP contribution in [0.3, 0.4) is 0 Å². The van der Waals surface area contributed by atoms with Crippen molar-refractivity contribution in [2.75, 3.05) is 5.32 Å². The minimum absolute atomic E-state index is 0.0119. The number of nitrogens with zero attached hydrogens (tertiary/aromatic N) is 3. The molecule has 0 radical (unpaired) electrons. The Morgan fingerprint density at radius 2 is 1.85 bits per heavy atom. The highest BCUT2D eigenvalue weighted by atomic mass is 16.1. The van der Waals surface area contributed by atoms with Crippen molar-refractivity contribution in [3.8, 4) is 0 Å². The van der Waals surface area contributed by atoms with Gasteiger partial charge in [-0.1, -0.05) is 26.0 Å². The molecule has 136 valence electrons. The molecule has 5 heteroatoms. The molecule has 0 saturated carbocycles. The van der Waals surface area contributed by atoms with Crippen LogP contribution in [0.2, 0.25) is 0 Å². The predicted molar refractivity (Wildman–Crippen MR) is 105 cm³/mol. The largest absolute Gasteiger partial charge is 0.326 e. The highest BCUT2D eigenvalue weighted by molar-refractivity contribution is 5.90. The molecule has 2 aromatic heterocycles. The fraction of sp³-hybridized carbons (Fsp3) is 0.381. The highest BCUT2D eigenvalue weighted by Crippen LogP contribution is 2.19. The summed E-state index contributed by atoms with van der Waals surface area (Å²) >= 11 is 0. The van der Waals surface area contributed by atoms with Gasteiger partial charge in [0.15, 0.2) is 5.65 Å². The van der Waals surface area contributed by atoms with Gasteiger partial charge in [-0.2, -0.15) is 5.10 Å². The summed E-state index contributed by atoms with van der Waals surface area (Å²) in [4.78, 5) is 17.0. The molecule has 1 N–H and O–H groups in total. The summed E-state index contributed by atoms with van der Waals surface area (Å²) in [5, 5.41) is 7.46. The molecule has 1 aromatic carbocycles. The first-order valence-corrected chi connectivity index (χ1v) is 9.07. The molecule has 0 saturated heterocycles. The van der Waals surface area contributed by atoms with E-state index in [1.54, 1.807) is 0 Å². The Kier molecular flexibility index (Phi) is 5.07. The van der Waals surface area contributed by atoms with Crippen molar-refractivity contribution >= 4 is 17.2 Å². The summed E-state index contributed by atoms with van der Waals surface area (Å²) in [6.45, 7) is 10.3. The minimum atomic E-state index is 0.0119. The molecule has 0 fully saturated rings. The summed E-state index contributed by atoms with van der Waals surface area (Å²) in [7, 11) is 0. The summed E-state index contributed by atoms with van der Waals surface area (Å²) in [6, 6.07) is 10.0. The van der Waals surface area contributed by atoms with Gasteiger partial charge in [0.1, 0.15) is 0 Å². The van der Waals surface area contributed by atoms with Crippen LogP contribution in [0.1, 0.15) is 54.4 Å². The maximum Gasteiger partial charge on any atom is 0.224 e. The van der Waals surface area contributed by atoms with E-state index in [1.165, 1.54) is 5.56 Å². The Balaban J connectivity index is 1.68. The van der Waals surface area contributed by atoms with Crippen LogP contribution in [0.4, 0.5) is 5.69 Å². The number of fused-ring (bicyclic) bond motifs is 1. The zero-order valence-electron chi connectivity index (χ0n) is 16.1. The van der Waals surface area contributed by atoms with E-state index in [9.17, 15) is 4.79 Å². The maximum atomic E-state index is 12.3. The Morgan fingerprint density at radius 3 is 2.50 bits per heavy atom. The second-order valence-corrected chi connectivity index (χ2v) is 7.14. The SMILES string of the molecule is Cc1cc2nc(C)c(CCC(=O)Nc3ccc(C(C)C)cc3)c(C)n2n1. The van der Waals surface area contributed by atoms with Crippen molar-refractivity contribution in [1.82, 2.24) is 14.6 Å². The zero-order chi connectivity index (χ0) is 18.8. The number of nitrogens with one attached hydrogen (secondary N) is 1. The van der Waals surface area contributed by atoms with Crippen LogP contribution in [0.25, 0.3) is 5.65 Å². The van der Waals surface area contributed by atoms with Crippen LogP contribution in [-0.4, -0.2) is 20.5 Å². The van der Waals surface area contributed by atoms with E-state index in [0.29, 0.717) is 18.8 Å². The number of aromatic nitrogens is 3. The smallest absolute Gasteiger partial charge is 0.224 e. The molecular weight excluding hydrogens is 324 g/mol. The lowest BCUT2D eigenvalue weighted by atomic mass is 10.0. The molecule has 0 spiro atoms. The van der Waals surface area contributed by atoms with Crippen LogP contribution < -0.4 is 5.32 Å². The van der Waals surface area contributed by atoms with Crippen molar-refractivity contribution < 1.29 is 4.79 Å². The number of benzene rings is 1. The zero-order valence-corrected chi connectivity index (χ0v) is 16.1.